The maximum atomic E-state index is 12.5. The molecule has 0 aromatic heterocycles. The Morgan fingerprint density at radius 2 is 2.12 bits per heavy atom. The van der Waals surface area contributed by atoms with Crippen molar-refractivity contribution in [3.63, 3.8) is 0 Å². The van der Waals surface area contributed by atoms with E-state index >= 15 is 0 Å². The number of aryl methyl sites for hydroxylation is 1. The van der Waals surface area contributed by atoms with Crippen molar-refractivity contribution in [1.29, 1.82) is 0 Å². The number of anilines is 1. The van der Waals surface area contributed by atoms with Gasteiger partial charge in [0.15, 0.2) is 0 Å². The number of carbonyl (C=O) groups excluding carboxylic acids is 1. The lowest BCUT2D eigenvalue weighted by Gasteiger charge is -2.38. The average Bonchev–Trinajstić information content (AvgIpc) is 2.45. The summed E-state index contributed by atoms with van der Waals surface area (Å²) in [6, 6.07) is 8.97. The van der Waals surface area contributed by atoms with Crippen molar-refractivity contribution in [1.82, 2.24) is 4.90 Å². The largest absolute Gasteiger partial charge is 0.444 e. The van der Waals surface area contributed by atoms with Crippen molar-refractivity contribution in [3.8, 4) is 0 Å². The average molecular weight is 332 g/mol. The van der Waals surface area contributed by atoms with Crippen LogP contribution in [-0.4, -0.2) is 35.2 Å². The molecule has 1 aliphatic rings. The zero-order chi connectivity index (χ0) is 17.7. The van der Waals surface area contributed by atoms with Gasteiger partial charge in [-0.3, -0.25) is 0 Å². The molecule has 1 heterocycles. The summed E-state index contributed by atoms with van der Waals surface area (Å²) < 4.78 is 5.59. The Hall–Kier alpha value is -1.71. The minimum Gasteiger partial charge on any atom is -0.444 e. The molecule has 1 saturated heterocycles. The van der Waals surface area contributed by atoms with Crippen molar-refractivity contribution in [2.75, 3.05) is 11.9 Å². The van der Waals surface area contributed by atoms with Gasteiger partial charge in [0.25, 0.3) is 0 Å². The summed E-state index contributed by atoms with van der Waals surface area (Å²) in [6.45, 7) is 10.9. The summed E-state index contributed by atoms with van der Waals surface area (Å²) in [5.41, 5.74) is 1.95. The Morgan fingerprint density at radius 1 is 1.38 bits per heavy atom. The highest BCUT2D eigenvalue weighted by Crippen LogP contribution is 2.24. The van der Waals surface area contributed by atoms with Crippen LogP contribution in [0, 0.1) is 6.92 Å². The first-order valence-corrected chi connectivity index (χ1v) is 9.07. The van der Waals surface area contributed by atoms with Crippen molar-refractivity contribution < 1.29 is 9.53 Å². The topological polar surface area (TPSA) is 41.6 Å². The van der Waals surface area contributed by atoms with Crippen molar-refractivity contribution in [2.24, 2.45) is 0 Å². The normalized spacial score (nSPS) is 19.7. The number of benzene rings is 1. The molecule has 1 fully saturated rings. The molecule has 0 saturated carbocycles. The van der Waals surface area contributed by atoms with Gasteiger partial charge in [0.05, 0.1) is 0 Å². The third-order valence-electron chi connectivity index (χ3n) is 4.31. The van der Waals surface area contributed by atoms with E-state index in [0.717, 1.165) is 31.5 Å². The molecule has 1 aromatic rings. The summed E-state index contributed by atoms with van der Waals surface area (Å²) in [5, 5.41) is 3.56. The van der Waals surface area contributed by atoms with Crippen LogP contribution in [0.3, 0.4) is 0 Å². The number of likely N-dealkylation sites (tertiary alicyclic amines) is 1. The Balaban J connectivity index is 1.96. The maximum Gasteiger partial charge on any atom is 0.410 e. The van der Waals surface area contributed by atoms with E-state index in [1.165, 1.54) is 12.0 Å². The molecule has 0 spiro atoms. The summed E-state index contributed by atoms with van der Waals surface area (Å²) in [6.07, 6.45) is 4.07. The lowest BCUT2D eigenvalue weighted by atomic mass is 9.96. The van der Waals surface area contributed by atoms with Crippen LogP contribution >= 0.6 is 0 Å². The van der Waals surface area contributed by atoms with Gasteiger partial charge in [0.1, 0.15) is 5.60 Å². The Kier molecular flexibility index (Phi) is 6.14. The molecule has 4 nitrogen and oxygen atoms in total. The number of piperidine rings is 1. The number of hydrogen-bond acceptors (Lipinski definition) is 3. The van der Waals surface area contributed by atoms with E-state index in [2.05, 4.69) is 43.4 Å². The highest BCUT2D eigenvalue weighted by atomic mass is 16.6. The van der Waals surface area contributed by atoms with E-state index in [1.54, 1.807) is 0 Å². The van der Waals surface area contributed by atoms with Crippen LogP contribution in [0.1, 0.15) is 58.9 Å². The number of carbonyl (C=O) groups is 1. The molecule has 2 unspecified atom stereocenters. The molecule has 2 rings (SSSR count). The Morgan fingerprint density at radius 3 is 2.79 bits per heavy atom. The Bertz CT molecular complexity index is 551. The minimum atomic E-state index is -0.440. The number of amides is 1. The third kappa shape index (κ3) is 5.73. The van der Waals surface area contributed by atoms with Crippen LogP contribution in [0.15, 0.2) is 24.3 Å². The SMILES string of the molecule is Cc1cccc(NC(C)CC2CCCCN2C(=O)OC(C)(C)C)c1. The lowest BCUT2D eigenvalue weighted by molar-refractivity contribution is 0.00852. The quantitative estimate of drug-likeness (QED) is 0.846. The first kappa shape index (κ1) is 18.6. The zero-order valence-corrected chi connectivity index (χ0v) is 15.8. The second-order valence-corrected chi connectivity index (χ2v) is 7.97. The van der Waals surface area contributed by atoms with E-state index in [9.17, 15) is 4.79 Å². The molecule has 24 heavy (non-hydrogen) atoms. The molecule has 2 atom stereocenters. The third-order valence-corrected chi connectivity index (χ3v) is 4.31. The number of rotatable bonds is 4. The monoisotopic (exact) mass is 332 g/mol. The zero-order valence-electron chi connectivity index (χ0n) is 15.8. The van der Waals surface area contributed by atoms with Crippen molar-refractivity contribution in [3.05, 3.63) is 29.8 Å². The minimum absolute atomic E-state index is 0.171. The standard InChI is InChI=1S/C20H32N2O2/c1-15-9-8-10-17(13-15)21-16(2)14-18-11-6-7-12-22(18)19(23)24-20(3,4)5/h8-10,13,16,18,21H,6-7,11-12,14H2,1-5H3. The molecule has 4 heteroatoms. The molecule has 0 radical (unpaired) electrons. The van der Waals surface area contributed by atoms with E-state index in [4.69, 9.17) is 4.74 Å². The van der Waals surface area contributed by atoms with Gasteiger partial charge in [-0.05, 0) is 78.0 Å². The molecule has 1 N–H and O–H groups in total. The summed E-state index contributed by atoms with van der Waals surface area (Å²) in [5.74, 6) is 0. The predicted molar refractivity (Wildman–Crippen MR) is 99.5 cm³/mol. The molecule has 0 aliphatic carbocycles. The first-order valence-electron chi connectivity index (χ1n) is 9.07. The highest BCUT2D eigenvalue weighted by molar-refractivity contribution is 5.68. The van der Waals surface area contributed by atoms with Crippen molar-refractivity contribution in [2.45, 2.75) is 78.0 Å². The fourth-order valence-corrected chi connectivity index (χ4v) is 3.29. The smallest absolute Gasteiger partial charge is 0.410 e. The van der Waals surface area contributed by atoms with E-state index < -0.39 is 5.60 Å². The first-order chi connectivity index (χ1) is 11.2. The molecule has 1 amide bonds. The molecule has 134 valence electrons. The van der Waals surface area contributed by atoms with Crippen LogP contribution in [-0.2, 0) is 4.74 Å². The summed E-state index contributed by atoms with van der Waals surface area (Å²) in [4.78, 5) is 14.4. The number of hydrogen-bond donors (Lipinski definition) is 1. The van der Waals surface area contributed by atoms with Crippen LogP contribution in [0.25, 0.3) is 0 Å². The van der Waals surface area contributed by atoms with Gasteiger partial charge < -0.3 is 15.0 Å². The fourth-order valence-electron chi connectivity index (χ4n) is 3.29. The lowest BCUT2D eigenvalue weighted by Crippen LogP contribution is -2.47. The maximum absolute atomic E-state index is 12.5. The van der Waals surface area contributed by atoms with Gasteiger partial charge in [-0.2, -0.15) is 0 Å². The van der Waals surface area contributed by atoms with E-state index in [1.807, 2.05) is 25.7 Å². The predicted octanol–water partition coefficient (Wildman–Crippen LogP) is 4.98. The van der Waals surface area contributed by atoms with Crippen LogP contribution in [0.4, 0.5) is 10.5 Å². The summed E-state index contributed by atoms with van der Waals surface area (Å²) in [7, 11) is 0. The second-order valence-electron chi connectivity index (χ2n) is 7.97. The highest BCUT2D eigenvalue weighted by Gasteiger charge is 2.31. The fraction of sp³-hybridized carbons (Fsp3) is 0.650. The summed E-state index contributed by atoms with van der Waals surface area (Å²) >= 11 is 0. The van der Waals surface area contributed by atoms with Crippen molar-refractivity contribution >= 4 is 11.8 Å². The molecular weight excluding hydrogens is 300 g/mol. The van der Waals surface area contributed by atoms with Gasteiger partial charge in [0.2, 0.25) is 0 Å². The second kappa shape index (κ2) is 7.91. The van der Waals surface area contributed by atoms with Gasteiger partial charge in [-0.25, -0.2) is 4.79 Å². The Labute approximate surface area is 146 Å². The van der Waals surface area contributed by atoms with E-state index in [-0.39, 0.29) is 12.1 Å². The van der Waals surface area contributed by atoms with Gasteiger partial charge in [-0.15, -0.1) is 0 Å². The molecule has 1 aromatic carbocycles. The molecule has 0 bridgehead atoms. The van der Waals surface area contributed by atoms with E-state index in [0.29, 0.717) is 6.04 Å². The van der Waals surface area contributed by atoms with Gasteiger partial charge >= 0.3 is 6.09 Å². The van der Waals surface area contributed by atoms with Gasteiger partial charge in [-0.1, -0.05) is 12.1 Å². The van der Waals surface area contributed by atoms with Crippen LogP contribution < -0.4 is 5.32 Å². The number of nitrogens with one attached hydrogen (secondary N) is 1. The number of ether oxygens (including phenoxy) is 1. The van der Waals surface area contributed by atoms with Crippen LogP contribution in [0.2, 0.25) is 0 Å². The number of nitrogens with zero attached hydrogens (tertiary/aromatic N) is 1. The van der Waals surface area contributed by atoms with Crippen LogP contribution in [0.5, 0.6) is 0 Å². The molecular formula is C20H32N2O2. The van der Waals surface area contributed by atoms with Gasteiger partial charge in [0, 0.05) is 24.3 Å². The molecule has 1 aliphatic heterocycles.